The summed E-state index contributed by atoms with van der Waals surface area (Å²) in [5, 5.41) is 5.75. The van der Waals surface area contributed by atoms with Crippen molar-refractivity contribution in [2.24, 2.45) is 0 Å². The number of imidazole rings is 1. The van der Waals surface area contributed by atoms with Gasteiger partial charge in [0.25, 0.3) is 5.91 Å². The number of unbranched alkanes of at least 4 members (excludes halogenated alkanes) is 1. The van der Waals surface area contributed by atoms with Crippen LogP contribution in [0.4, 0.5) is 5.95 Å². The number of rotatable bonds is 9. The predicted octanol–water partition coefficient (Wildman–Crippen LogP) is 1.97. The fourth-order valence-corrected chi connectivity index (χ4v) is 2.03. The van der Waals surface area contributed by atoms with Crippen molar-refractivity contribution in [3.63, 3.8) is 0 Å². The lowest BCUT2D eigenvalue weighted by atomic mass is 10.1. The number of anilines is 1. The monoisotopic (exact) mass is 302 g/mol. The molecule has 1 heterocycles. The van der Waals surface area contributed by atoms with Gasteiger partial charge >= 0.3 is 0 Å². The van der Waals surface area contributed by atoms with E-state index in [-0.39, 0.29) is 12.5 Å². The van der Waals surface area contributed by atoms with Gasteiger partial charge in [0, 0.05) is 12.4 Å². The number of aromatic amines is 1. The summed E-state index contributed by atoms with van der Waals surface area (Å²) in [5.41, 5.74) is 1.28. The molecule has 1 aromatic carbocycles. The van der Waals surface area contributed by atoms with Crippen LogP contribution in [0.2, 0.25) is 0 Å². The molecule has 1 amide bonds. The molecule has 3 N–H and O–H groups in total. The highest BCUT2D eigenvalue weighted by molar-refractivity contribution is 5.90. The molecule has 0 fully saturated rings. The van der Waals surface area contributed by atoms with Crippen LogP contribution < -0.4 is 15.4 Å². The Kier molecular flexibility index (Phi) is 6.44. The number of ether oxygens (including phenoxy) is 1. The third-order valence-electron chi connectivity index (χ3n) is 3.19. The minimum Gasteiger partial charge on any atom is -0.484 e. The number of aromatic nitrogens is 2. The Hall–Kier alpha value is -2.34. The molecule has 6 heteroatoms. The molecule has 0 aliphatic heterocycles. The lowest BCUT2D eigenvalue weighted by Gasteiger charge is -2.07. The molecular formula is C16H22N4O2. The molecule has 118 valence electrons. The molecule has 2 aromatic rings. The summed E-state index contributed by atoms with van der Waals surface area (Å²) in [5.74, 6) is 0.866. The van der Waals surface area contributed by atoms with Gasteiger partial charge in [-0.25, -0.2) is 4.98 Å². The highest BCUT2D eigenvalue weighted by Gasteiger charge is 2.05. The number of nitrogens with one attached hydrogen (secondary N) is 3. The Labute approximate surface area is 130 Å². The van der Waals surface area contributed by atoms with Crippen molar-refractivity contribution in [1.82, 2.24) is 15.3 Å². The zero-order chi connectivity index (χ0) is 15.6. The van der Waals surface area contributed by atoms with Crippen molar-refractivity contribution in [3.8, 4) is 5.75 Å². The molecule has 0 saturated carbocycles. The van der Waals surface area contributed by atoms with Gasteiger partial charge in [-0.15, -0.1) is 0 Å². The van der Waals surface area contributed by atoms with E-state index in [1.807, 2.05) is 31.3 Å². The number of nitrogens with zero attached hydrogens (tertiary/aromatic N) is 1. The van der Waals surface area contributed by atoms with E-state index >= 15 is 0 Å². The van der Waals surface area contributed by atoms with Gasteiger partial charge in [-0.3, -0.25) is 10.1 Å². The van der Waals surface area contributed by atoms with Gasteiger partial charge in [0.15, 0.2) is 6.61 Å². The Bertz CT molecular complexity index is 552. The minimum atomic E-state index is -0.244. The predicted molar refractivity (Wildman–Crippen MR) is 86.0 cm³/mol. The van der Waals surface area contributed by atoms with Crippen LogP contribution in [0.3, 0.4) is 0 Å². The van der Waals surface area contributed by atoms with Crippen molar-refractivity contribution in [1.29, 1.82) is 0 Å². The molecule has 0 bridgehead atoms. The minimum absolute atomic E-state index is 0.0395. The van der Waals surface area contributed by atoms with E-state index in [1.165, 1.54) is 12.0 Å². The lowest BCUT2D eigenvalue weighted by molar-refractivity contribution is -0.118. The first-order valence-corrected chi connectivity index (χ1v) is 7.43. The van der Waals surface area contributed by atoms with Gasteiger partial charge in [0.05, 0.1) is 0 Å². The van der Waals surface area contributed by atoms with Crippen molar-refractivity contribution < 1.29 is 9.53 Å². The van der Waals surface area contributed by atoms with E-state index in [9.17, 15) is 4.79 Å². The second-order valence-corrected chi connectivity index (χ2v) is 4.98. The average Bonchev–Trinajstić information content (AvgIpc) is 3.03. The van der Waals surface area contributed by atoms with Gasteiger partial charge in [0.2, 0.25) is 5.95 Å². The van der Waals surface area contributed by atoms with E-state index in [0.29, 0.717) is 11.7 Å². The summed E-state index contributed by atoms with van der Waals surface area (Å²) in [7, 11) is 1.97. The summed E-state index contributed by atoms with van der Waals surface area (Å²) >= 11 is 0. The summed E-state index contributed by atoms with van der Waals surface area (Å²) in [6.45, 7) is 1.01. The van der Waals surface area contributed by atoms with E-state index in [1.54, 1.807) is 12.4 Å². The summed E-state index contributed by atoms with van der Waals surface area (Å²) in [6, 6.07) is 7.87. The number of carbonyl (C=O) groups excluding carboxylic acids is 1. The average molecular weight is 302 g/mol. The standard InChI is InChI=1S/C16H22N4O2/c1-17-9-3-2-4-13-5-7-14(8-6-13)22-12-15(21)20-16-18-10-11-19-16/h5-8,10-11,17H,2-4,9,12H2,1H3,(H2,18,19,20,21). The molecule has 2 rings (SSSR count). The van der Waals surface area contributed by atoms with Crippen LogP contribution in [0, 0.1) is 0 Å². The van der Waals surface area contributed by atoms with E-state index in [0.717, 1.165) is 19.4 Å². The second-order valence-electron chi connectivity index (χ2n) is 4.98. The molecule has 0 radical (unpaired) electrons. The normalized spacial score (nSPS) is 10.4. The van der Waals surface area contributed by atoms with Gasteiger partial charge < -0.3 is 15.0 Å². The van der Waals surface area contributed by atoms with Crippen molar-refractivity contribution in [2.75, 3.05) is 25.5 Å². The third kappa shape index (κ3) is 5.57. The summed E-state index contributed by atoms with van der Waals surface area (Å²) in [6.07, 6.45) is 6.60. The number of amides is 1. The summed E-state index contributed by atoms with van der Waals surface area (Å²) in [4.78, 5) is 18.4. The van der Waals surface area contributed by atoms with Crippen LogP contribution in [-0.2, 0) is 11.2 Å². The van der Waals surface area contributed by atoms with E-state index in [2.05, 4.69) is 20.6 Å². The largest absolute Gasteiger partial charge is 0.484 e. The molecule has 22 heavy (non-hydrogen) atoms. The maximum atomic E-state index is 11.7. The molecule has 0 atom stereocenters. The van der Waals surface area contributed by atoms with Gasteiger partial charge in [-0.1, -0.05) is 12.1 Å². The van der Waals surface area contributed by atoms with Crippen LogP contribution in [0.15, 0.2) is 36.7 Å². The van der Waals surface area contributed by atoms with Crippen molar-refractivity contribution >= 4 is 11.9 Å². The topological polar surface area (TPSA) is 79.0 Å². The number of hydrogen-bond acceptors (Lipinski definition) is 4. The number of aryl methyl sites for hydroxylation is 1. The highest BCUT2D eigenvalue weighted by atomic mass is 16.5. The number of H-pyrrole nitrogens is 1. The highest BCUT2D eigenvalue weighted by Crippen LogP contribution is 2.14. The number of benzene rings is 1. The van der Waals surface area contributed by atoms with Gasteiger partial charge in [0.1, 0.15) is 5.75 Å². The van der Waals surface area contributed by atoms with Gasteiger partial charge in [-0.05, 0) is 50.6 Å². The number of hydrogen-bond donors (Lipinski definition) is 3. The number of carbonyl (C=O) groups is 1. The third-order valence-corrected chi connectivity index (χ3v) is 3.19. The SMILES string of the molecule is CNCCCCc1ccc(OCC(=O)Nc2ncc[nH]2)cc1. The molecule has 0 unspecified atom stereocenters. The van der Waals surface area contributed by atoms with Crippen LogP contribution >= 0.6 is 0 Å². The molecule has 0 aliphatic carbocycles. The van der Waals surface area contributed by atoms with Crippen LogP contribution in [0.25, 0.3) is 0 Å². The van der Waals surface area contributed by atoms with E-state index in [4.69, 9.17) is 4.74 Å². The summed E-state index contributed by atoms with van der Waals surface area (Å²) < 4.78 is 5.45. The second kappa shape index (κ2) is 8.84. The van der Waals surface area contributed by atoms with Crippen molar-refractivity contribution in [3.05, 3.63) is 42.2 Å². The van der Waals surface area contributed by atoms with Crippen LogP contribution in [0.5, 0.6) is 5.75 Å². The maximum Gasteiger partial charge on any atom is 0.264 e. The smallest absolute Gasteiger partial charge is 0.264 e. The molecule has 0 spiro atoms. The zero-order valence-electron chi connectivity index (χ0n) is 12.8. The van der Waals surface area contributed by atoms with Crippen LogP contribution in [0.1, 0.15) is 18.4 Å². The first-order valence-electron chi connectivity index (χ1n) is 7.43. The Morgan fingerprint density at radius 1 is 1.27 bits per heavy atom. The van der Waals surface area contributed by atoms with Crippen LogP contribution in [-0.4, -0.2) is 36.1 Å². The fourth-order valence-electron chi connectivity index (χ4n) is 2.03. The van der Waals surface area contributed by atoms with Gasteiger partial charge in [-0.2, -0.15) is 0 Å². The maximum absolute atomic E-state index is 11.7. The molecule has 0 saturated heterocycles. The van der Waals surface area contributed by atoms with Crippen molar-refractivity contribution in [2.45, 2.75) is 19.3 Å². The first kappa shape index (κ1) is 16.0. The Morgan fingerprint density at radius 2 is 2.09 bits per heavy atom. The molecule has 6 nitrogen and oxygen atoms in total. The first-order chi connectivity index (χ1) is 10.8. The molecule has 0 aliphatic rings. The lowest BCUT2D eigenvalue weighted by Crippen LogP contribution is -2.20. The van der Waals surface area contributed by atoms with E-state index < -0.39 is 0 Å². The Morgan fingerprint density at radius 3 is 2.77 bits per heavy atom. The fraction of sp³-hybridized carbons (Fsp3) is 0.375. The quantitative estimate of drug-likeness (QED) is 0.619. The molecular weight excluding hydrogens is 280 g/mol. The Balaban J connectivity index is 1.70. The molecule has 1 aromatic heterocycles. The zero-order valence-corrected chi connectivity index (χ0v) is 12.8.